The summed E-state index contributed by atoms with van der Waals surface area (Å²) >= 11 is 1.18. The number of carbonyl (C=O) groups excluding carboxylic acids is 3. The third kappa shape index (κ3) is 5.04. The molecule has 1 fully saturated rings. The van der Waals surface area contributed by atoms with Crippen molar-refractivity contribution in [1.82, 2.24) is 25.5 Å². The van der Waals surface area contributed by atoms with Crippen LogP contribution in [0.1, 0.15) is 22.0 Å². The van der Waals surface area contributed by atoms with E-state index in [-0.39, 0.29) is 46.0 Å². The fourth-order valence-electron chi connectivity index (χ4n) is 4.55. The number of carboxylic acid groups (broad SMARTS) is 1. The Labute approximate surface area is 233 Å². The van der Waals surface area contributed by atoms with E-state index in [0.29, 0.717) is 5.52 Å². The number of hydrogen-bond donors (Lipinski definition) is 5. The number of fused-ring (bicyclic) bond motifs is 2. The Kier molecular flexibility index (Phi) is 7.33. The van der Waals surface area contributed by atoms with Gasteiger partial charge in [0.25, 0.3) is 11.8 Å². The van der Waals surface area contributed by atoms with Gasteiger partial charge >= 0.3 is 5.97 Å². The number of carboxylic acids is 1. The highest BCUT2D eigenvalue weighted by atomic mass is 32.2. The molecule has 2 aliphatic heterocycles. The molecule has 3 aromatic rings. The molecule has 2 aliphatic rings. The van der Waals surface area contributed by atoms with Crippen molar-refractivity contribution in [3.05, 3.63) is 91.9 Å². The summed E-state index contributed by atoms with van der Waals surface area (Å²) in [7, 11) is 0. The molecule has 16 heteroatoms. The van der Waals surface area contributed by atoms with Gasteiger partial charge in [-0.25, -0.2) is 4.79 Å². The lowest BCUT2D eigenvalue weighted by molar-refractivity contribution is -0.151. The van der Waals surface area contributed by atoms with Gasteiger partial charge in [0.2, 0.25) is 11.3 Å². The highest BCUT2D eigenvalue weighted by molar-refractivity contribution is 8.00. The first-order valence-corrected chi connectivity index (χ1v) is 13.0. The molecule has 15 nitrogen and oxygen atoms in total. The van der Waals surface area contributed by atoms with Crippen molar-refractivity contribution in [2.24, 2.45) is 5.11 Å². The van der Waals surface area contributed by atoms with E-state index in [1.54, 1.807) is 12.1 Å². The van der Waals surface area contributed by atoms with Crippen molar-refractivity contribution in [3.63, 3.8) is 0 Å². The van der Waals surface area contributed by atoms with Gasteiger partial charge in [-0.05, 0) is 40.9 Å². The van der Waals surface area contributed by atoms with Crippen molar-refractivity contribution in [3.8, 4) is 5.75 Å². The smallest absolute Gasteiger partial charge is 0.352 e. The summed E-state index contributed by atoms with van der Waals surface area (Å²) in [5.74, 6) is -3.71. The minimum Gasteiger partial charge on any atom is -0.508 e. The van der Waals surface area contributed by atoms with E-state index >= 15 is 0 Å². The van der Waals surface area contributed by atoms with Crippen LogP contribution in [0.5, 0.6) is 5.75 Å². The molecule has 0 spiro atoms. The molecule has 1 aromatic carbocycles. The Balaban J connectivity index is 1.40. The maximum atomic E-state index is 13.5. The number of azide groups is 1. The maximum Gasteiger partial charge on any atom is 0.352 e. The second-order valence-corrected chi connectivity index (χ2v) is 10.1. The van der Waals surface area contributed by atoms with Gasteiger partial charge in [-0.3, -0.25) is 29.1 Å². The number of amides is 3. The van der Waals surface area contributed by atoms with Crippen molar-refractivity contribution < 1.29 is 29.4 Å². The van der Waals surface area contributed by atoms with Gasteiger partial charge in [-0.2, -0.15) is 0 Å². The SMILES string of the molecule is [N-]=[N+]=NCC1=C(C(=O)O)N2C(=O)C(NC(=O)C(NC(=O)c3c[nH]c4cccnc4c3=O)c3ccc(O)cc3)[C@@H]2SC1. The number of nitrogens with one attached hydrogen (secondary N) is 3. The van der Waals surface area contributed by atoms with Crippen LogP contribution in [0.25, 0.3) is 21.5 Å². The number of phenols is 1. The minimum atomic E-state index is -1.40. The molecule has 2 aromatic heterocycles. The number of aromatic amines is 1. The summed E-state index contributed by atoms with van der Waals surface area (Å²) in [6.45, 7) is -0.225. The van der Waals surface area contributed by atoms with Gasteiger partial charge < -0.3 is 25.8 Å². The zero-order chi connectivity index (χ0) is 29.3. The zero-order valence-electron chi connectivity index (χ0n) is 20.8. The van der Waals surface area contributed by atoms with Crippen LogP contribution in [-0.4, -0.2) is 72.5 Å². The number of β-lactam (4-membered cyclic amide) rings is 1. The topological polar surface area (TPSA) is 231 Å². The molecule has 208 valence electrons. The number of carbonyl (C=O) groups is 4. The first-order valence-electron chi connectivity index (χ1n) is 12.0. The fourth-order valence-corrected chi connectivity index (χ4v) is 5.88. The van der Waals surface area contributed by atoms with Crippen LogP contribution in [0.3, 0.4) is 0 Å². The van der Waals surface area contributed by atoms with Gasteiger partial charge in [0.05, 0.1) is 12.1 Å². The number of benzene rings is 1. The zero-order valence-corrected chi connectivity index (χ0v) is 21.7. The maximum absolute atomic E-state index is 13.5. The van der Waals surface area contributed by atoms with E-state index < -0.39 is 46.6 Å². The van der Waals surface area contributed by atoms with Gasteiger partial charge in [-0.15, -0.1) is 11.8 Å². The van der Waals surface area contributed by atoms with Gasteiger partial charge in [0.15, 0.2) is 0 Å². The second kappa shape index (κ2) is 11.0. The fraction of sp³-hybridized carbons (Fsp3) is 0.200. The largest absolute Gasteiger partial charge is 0.508 e. The first kappa shape index (κ1) is 27.2. The molecular weight excluding hydrogens is 556 g/mol. The third-order valence-electron chi connectivity index (χ3n) is 6.52. The van der Waals surface area contributed by atoms with Crippen LogP contribution in [0, 0.1) is 0 Å². The van der Waals surface area contributed by atoms with Crippen LogP contribution in [0.2, 0.25) is 0 Å². The van der Waals surface area contributed by atoms with Crippen LogP contribution in [0.15, 0.2) is 70.0 Å². The van der Waals surface area contributed by atoms with Gasteiger partial charge in [0, 0.05) is 23.1 Å². The minimum absolute atomic E-state index is 0.0300. The van der Waals surface area contributed by atoms with Crippen molar-refractivity contribution in [2.75, 3.05) is 12.3 Å². The predicted octanol–water partition coefficient (Wildman–Crippen LogP) is 1.15. The normalized spacial score (nSPS) is 18.5. The molecule has 5 N–H and O–H groups in total. The quantitative estimate of drug-likeness (QED) is 0.112. The van der Waals surface area contributed by atoms with Gasteiger partial charge in [-0.1, -0.05) is 17.2 Å². The Morgan fingerprint density at radius 3 is 2.71 bits per heavy atom. The summed E-state index contributed by atoms with van der Waals surface area (Å²) in [6, 6.07) is 6.11. The third-order valence-corrected chi connectivity index (χ3v) is 7.86. The van der Waals surface area contributed by atoms with Gasteiger partial charge in [0.1, 0.15) is 40.0 Å². The Morgan fingerprint density at radius 2 is 2.00 bits per heavy atom. The summed E-state index contributed by atoms with van der Waals surface area (Å²) in [5.41, 5.74) is 8.28. The molecule has 5 rings (SSSR count). The van der Waals surface area contributed by atoms with Crippen molar-refractivity contribution in [2.45, 2.75) is 17.5 Å². The summed E-state index contributed by atoms with van der Waals surface area (Å²) in [4.78, 5) is 75.0. The number of hydrogen-bond acceptors (Lipinski definition) is 9. The molecule has 1 saturated heterocycles. The molecule has 41 heavy (non-hydrogen) atoms. The number of aromatic hydroxyl groups is 1. The molecule has 0 bridgehead atoms. The van der Waals surface area contributed by atoms with E-state index in [2.05, 4.69) is 30.6 Å². The molecule has 0 radical (unpaired) electrons. The van der Waals surface area contributed by atoms with Crippen molar-refractivity contribution >= 4 is 46.5 Å². The van der Waals surface area contributed by atoms with E-state index in [0.717, 1.165) is 4.90 Å². The predicted molar refractivity (Wildman–Crippen MR) is 144 cm³/mol. The number of thioether (sulfide) groups is 1. The number of aromatic nitrogens is 2. The lowest BCUT2D eigenvalue weighted by atomic mass is 10.0. The average Bonchev–Trinajstić information content (AvgIpc) is 2.97. The molecular formula is C25H20N8O7S. The van der Waals surface area contributed by atoms with E-state index in [1.807, 2.05) is 0 Å². The monoisotopic (exact) mass is 576 g/mol. The lowest BCUT2D eigenvalue weighted by Crippen LogP contribution is -2.71. The lowest BCUT2D eigenvalue weighted by Gasteiger charge is -2.49. The number of rotatable bonds is 8. The number of pyridine rings is 2. The number of H-pyrrole nitrogens is 1. The van der Waals surface area contributed by atoms with Crippen molar-refractivity contribution in [1.29, 1.82) is 0 Å². The van der Waals surface area contributed by atoms with Crippen LogP contribution < -0.4 is 16.1 Å². The summed E-state index contributed by atoms with van der Waals surface area (Å²) in [6.07, 6.45) is 2.60. The molecule has 3 atom stereocenters. The summed E-state index contributed by atoms with van der Waals surface area (Å²) < 4.78 is 0. The summed E-state index contributed by atoms with van der Waals surface area (Å²) in [5, 5.41) is 27.1. The van der Waals surface area contributed by atoms with E-state index in [1.165, 1.54) is 48.4 Å². The standard InChI is InChI=1S/C25H20N8O7S/c26-32-29-8-12-10-41-24-18(23(38)33(24)19(12)25(39)40)31-22(37)16(11-3-5-13(34)6-4-11)30-21(36)14-9-28-15-2-1-7-27-17(15)20(14)35/h1-7,9,16,18,24,34H,8,10H2,(H,28,35)(H,30,36)(H,31,37)(H,39,40)/t16?,18?,24-/m0/s1. The Hall–Kier alpha value is -5.34. The number of nitrogens with zero attached hydrogens (tertiary/aromatic N) is 5. The number of aliphatic carboxylic acids is 1. The van der Waals surface area contributed by atoms with E-state index in [4.69, 9.17) is 5.53 Å². The molecule has 0 aliphatic carbocycles. The molecule has 3 amide bonds. The molecule has 0 saturated carbocycles. The molecule has 4 heterocycles. The van der Waals surface area contributed by atoms with E-state index in [9.17, 15) is 34.2 Å². The first-order chi connectivity index (χ1) is 19.7. The Bertz CT molecular complexity index is 1730. The molecule has 2 unspecified atom stereocenters. The highest BCUT2D eigenvalue weighted by Crippen LogP contribution is 2.40. The highest BCUT2D eigenvalue weighted by Gasteiger charge is 2.54. The van der Waals surface area contributed by atoms with Crippen LogP contribution >= 0.6 is 11.8 Å². The number of phenolic OH excluding ortho intramolecular Hbond substituents is 1. The van der Waals surface area contributed by atoms with Crippen LogP contribution in [0.4, 0.5) is 0 Å². The average molecular weight is 577 g/mol. The second-order valence-electron chi connectivity index (χ2n) is 8.97. The Morgan fingerprint density at radius 1 is 1.24 bits per heavy atom. The van der Waals surface area contributed by atoms with Crippen LogP contribution in [-0.2, 0) is 14.4 Å².